The van der Waals surface area contributed by atoms with Gasteiger partial charge in [-0.2, -0.15) is 0 Å². The van der Waals surface area contributed by atoms with Gasteiger partial charge in [-0.25, -0.2) is 0 Å². The fourth-order valence-electron chi connectivity index (χ4n) is 1.27. The number of hydrogen-bond donors (Lipinski definition) is 1. The third-order valence-electron chi connectivity index (χ3n) is 2.23. The lowest BCUT2D eigenvalue weighted by Crippen LogP contribution is -2.24. The van der Waals surface area contributed by atoms with Crippen LogP contribution in [0, 0.1) is 0 Å². The Labute approximate surface area is 93.8 Å². The third-order valence-corrected chi connectivity index (χ3v) is 3.54. The molecule has 0 spiro atoms. The predicted molar refractivity (Wildman–Crippen MR) is 64.2 cm³/mol. The van der Waals surface area contributed by atoms with Gasteiger partial charge >= 0.3 is 0 Å². The molecule has 0 saturated heterocycles. The van der Waals surface area contributed by atoms with Crippen molar-refractivity contribution in [2.75, 3.05) is 18.1 Å². The van der Waals surface area contributed by atoms with Gasteiger partial charge in [0.05, 0.1) is 5.69 Å². The molecule has 84 valence electrons. The highest BCUT2D eigenvalue weighted by molar-refractivity contribution is 7.84. The molecule has 2 unspecified atom stereocenters. The summed E-state index contributed by atoms with van der Waals surface area (Å²) < 4.78 is 11.2. The van der Waals surface area contributed by atoms with Crippen LogP contribution in [0.5, 0.6) is 0 Å². The van der Waals surface area contributed by atoms with E-state index in [0.717, 1.165) is 18.0 Å². The summed E-state index contributed by atoms with van der Waals surface area (Å²) in [5.74, 6) is 1.45. The lowest BCUT2D eigenvalue weighted by molar-refractivity contribution is 0.582. The van der Waals surface area contributed by atoms with Crippen LogP contribution in [0.1, 0.15) is 25.6 Å². The molecule has 4 heteroatoms. The zero-order chi connectivity index (χ0) is 11.1. The molecule has 1 rings (SSSR count). The minimum atomic E-state index is -0.683. The molecule has 3 nitrogen and oxygen atoms in total. The summed E-state index contributed by atoms with van der Waals surface area (Å²) in [5, 5.41) is 3.31. The first-order valence-corrected chi connectivity index (χ1v) is 6.72. The molecule has 0 aromatic carbocycles. The standard InChI is InChI=1S/C11H18N2OS/c1-3-15(14)9-8-12-10(2)11-6-4-5-7-13-11/h4-7,10,12H,3,8-9H2,1-2H3. The second-order valence-electron chi connectivity index (χ2n) is 3.36. The van der Waals surface area contributed by atoms with Crippen molar-refractivity contribution in [1.82, 2.24) is 10.3 Å². The second kappa shape index (κ2) is 6.69. The minimum absolute atomic E-state index is 0.222. The predicted octanol–water partition coefficient (Wildman–Crippen LogP) is 1.50. The molecule has 1 heterocycles. The lowest BCUT2D eigenvalue weighted by Gasteiger charge is -2.12. The number of nitrogens with one attached hydrogen (secondary N) is 1. The molecule has 0 amide bonds. The molecule has 1 aromatic rings. The van der Waals surface area contributed by atoms with Crippen LogP contribution in [0.15, 0.2) is 24.4 Å². The van der Waals surface area contributed by atoms with Crippen LogP contribution >= 0.6 is 0 Å². The highest BCUT2D eigenvalue weighted by Crippen LogP contribution is 2.06. The van der Waals surface area contributed by atoms with E-state index in [4.69, 9.17) is 0 Å². The van der Waals surface area contributed by atoms with Crippen molar-refractivity contribution in [3.63, 3.8) is 0 Å². The highest BCUT2D eigenvalue weighted by atomic mass is 32.2. The Kier molecular flexibility index (Phi) is 5.50. The average molecular weight is 226 g/mol. The Bertz CT molecular complexity index is 303. The van der Waals surface area contributed by atoms with E-state index in [1.54, 1.807) is 6.20 Å². The Hall–Kier alpha value is -0.740. The van der Waals surface area contributed by atoms with Crippen LogP contribution in [0.25, 0.3) is 0 Å². The molecule has 0 saturated carbocycles. The maximum Gasteiger partial charge on any atom is 0.0570 e. The zero-order valence-electron chi connectivity index (χ0n) is 9.27. The number of hydrogen-bond acceptors (Lipinski definition) is 3. The molecular weight excluding hydrogens is 208 g/mol. The molecule has 1 aromatic heterocycles. The van der Waals surface area contributed by atoms with Crippen molar-refractivity contribution in [1.29, 1.82) is 0 Å². The van der Waals surface area contributed by atoms with Crippen LogP contribution < -0.4 is 5.32 Å². The number of rotatable bonds is 6. The van der Waals surface area contributed by atoms with Crippen LogP contribution in [0.3, 0.4) is 0 Å². The van der Waals surface area contributed by atoms with E-state index in [1.165, 1.54) is 0 Å². The fourth-order valence-corrected chi connectivity index (χ4v) is 1.90. The topological polar surface area (TPSA) is 42.0 Å². The van der Waals surface area contributed by atoms with Gasteiger partial charge in [0.2, 0.25) is 0 Å². The van der Waals surface area contributed by atoms with Crippen molar-refractivity contribution >= 4 is 10.8 Å². The van der Waals surface area contributed by atoms with E-state index in [1.807, 2.05) is 25.1 Å². The normalized spacial score (nSPS) is 14.8. The van der Waals surface area contributed by atoms with E-state index in [9.17, 15) is 4.21 Å². The van der Waals surface area contributed by atoms with Crippen molar-refractivity contribution in [2.24, 2.45) is 0 Å². The van der Waals surface area contributed by atoms with Gasteiger partial charge in [-0.05, 0) is 19.1 Å². The Morgan fingerprint density at radius 3 is 2.93 bits per heavy atom. The monoisotopic (exact) mass is 226 g/mol. The number of aromatic nitrogens is 1. The van der Waals surface area contributed by atoms with Gasteiger partial charge in [-0.15, -0.1) is 0 Å². The van der Waals surface area contributed by atoms with E-state index >= 15 is 0 Å². The molecule has 0 radical (unpaired) electrons. The van der Waals surface area contributed by atoms with Gasteiger partial charge in [0.15, 0.2) is 0 Å². The smallest absolute Gasteiger partial charge is 0.0570 e. The first kappa shape index (κ1) is 12.3. The molecule has 0 bridgehead atoms. The molecule has 1 N–H and O–H groups in total. The largest absolute Gasteiger partial charge is 0.308 e. The van der Waals surface area contributed by atoms with Crippen LogP contribution in [0.4, 0.5) is 0 Å². The van der Waals surface area contributed by atoms with Crippen molar-refractivity contribution in [2.45, 2.75) is 19.9 Å². The SMILES string of the molecule is CCS(=O)CCNC(C)c1ccccn1. The Morgan fingerprint density at radius 1 is 1.53 bits per heavy atom. The van der Waals surface area contributed by atoms with Gasteiger partial charge in [0.25, 0.3) is 0 Å². The molecule has 15 heavy (non-hydrogen) atoms. The fraction of sp³-hybridized carbons (Fsp3) is 0.545. The maximum atomic E-state index is 11.2. The summed E-state index contributed by atoms with van der Waals surface area (Å²) in [4.78, 5) is 4.26. The van der Waals surface area contributed by atoms with Crippen LogP contribution in [-0.4, -0.2) is 27.2 Å². The lowest BCUT2D eigenvalue weighted by atomic mass is 10.2. The van der Waals surface area contributed by atoms with Crippen molar-refractivity contribution < 1.29 is 4.21 Å². The van der Waals surface area contributed by atoms with E-state index in [0.29, 0.717) is 5.75 Å². The average Bonchev–Trinajstić information content (AvgIpc) is 2.29. The van der Waals surface area contributed by atoms with E-state index in [-0.39, 0.29) is 6.04 Å². The van der Waals surface area contributed by atoms with Crippen LogP contribution in [-0.2, 0) is 10.8 Å². The van der Waals surface area contributed by atoms with E-state index in [2.05, 4.69) is 17.2 Å². The number of nitrogens with zero attached hydrogens (tertiary/aromatic N) is 1. The summed E-state index contributed by atoms with van der Waals surface area (Å²) in [6.45, 7) is 4.79. The molecule has 0 aliphatic carbocycles. The van der Waals surface area contributed by atoms with E-state index < -0.39 is 10.8 Å². The second-order valence-corrected chi connectivity index (χ2v) is 5.23. The third kappa shape index (κ3) is 4.53. The quantitative estimate of drug-likeness (QED) is 0.799. The summed E-state index contributed by atoms with van der Waals surface area (Å²) in [5.41, 5.74) is 1.03. The first-order valence-electron chi connectivity index (χ1n) is 5.23. The molecule has 0 aliphatic rings. The van der Waals surface area contributed by atoms with Gasteiger partial charge in [0.1, 0.15) is 0 Å². The minimum Gasteiger partial charge on any atom is -0.308 e. The van der Waals surface area contributed by atoms with Crippen molar-refractivity contribution in [3.8, 4) is 0 Å². The maximum absolute atomic E-state index is 11.2. The number of pyridine rings is 1. The van der Waals surface area contributed by atoms with Crippen molar-refractivity contribution in [3.05, 3.63) is 30.1 Å². The molecular formula is C11H18N2OS. The summed E-state index contributed by atoms with van der Waals surface area (Å²) >= 11 is 0. The first-order chi connectivity index (χ1) is 7.24. The molecule has 0 fully saturated rings. The summed E-state index contributed by atoms with van der Waals surface area (Å²) in [6, 6.07) is 6.10. The van der Waals surface area contributed by atoms with Gasteiger partial charge < -0.3 is 5.32 Å². The molecule has 0 aliphatic heterocycles. The van der Waals surface area contributed by atoms with Gasteiger partial charge in [0, 0.05) is 41.1 Å². The Balaban J connectivity index is 2.31. The Morgan fingerprint density at radius 2 is 2.33 bits per heavy atom. The summed E-state index contributed by atoms with van der Waals surface area (Å²) in [6.07, 6.45) is 1.79. The zero-order valence-corrected chi connectivity index (χ0v) is 10.1. The van der Waals surface area contributed by atoms with Crippen LogP contribution in [0.2, 0.25) is 0 Å². The van der Waals surface area contributed by atoms with Gasteiger partial charge in [-0.3, -0.25) is 9.19 Å². The molecule has 2 atom stereocenters. The summed E-state index contributed by atoms with van der Waals surface area (Å²) in [7, 11) is -0.683. The highest BCUT2D eigenvalue weighted by Gasteiger charge is 2.05. The van der Waals surface area contributed by atoms with Gasteiger partial charge in [-0.1, -0.05) is 13.0 Å².